The van der Waals surface area contributed by atoms with Gasteiger partial charge in [0.05, 0.1) is 27.3 Å². The second kappa shape index (κ2) is 7.20. The van der Waals surface area contributed by atoms with Crippen molar-refractivity contribution in [1.82, 2.24) is 19.1 Å². The lowest BCUT2D eigenvalue weighted by Crippen LogP contribution is -2.04. The average molecular weight is 469 g/mol. The van der Waals surface area contributed by atoms with E-state index in [-0.39, 0.29) is 5.37 Å². The number of aromatic nitrogens is 4. The van der Waals surface area contributed by atoms with Crippen molar-refractivity contribution in [3.05, 3.63) is 115 Å². The van der Waals surface area contributed by atoms with Crippen LogP contribution in [0.2, 0.25) is 0 Å². The van der Waals surface area contributed by atoms with Crippen molar-refractivity contribution >= 4 is 55.6 Å². The van der Waals surface area contributed by atoms with E-state index in [1.807, 2.05) is 30.2 Å². The van der Waals surface area contributed by atoms with Crippen molar-refractivity contribution in [2.24, 2.45) is 0 Å². The number of fused-ring (bicyclic) bond motifs is 8. The molecule has 0 radical (unpaired) electrons. The first-order valence-electron chi connectivity index (χ1n) is 11.8. The molecule has 1 aliphatic carbocycles. The summed E-state index contributed by atoms with van der Waals surface area (Å²) in [6, 6.07) is 23.5. The minimum atomic E-state index is 0.154. The third kappa shape index (κ3) is 2.64. The zero-order chi connectivity index (χ0) is 22.9. The molecule has 6 aromatic rings. The van der Waals surface area contributed by atoms with Gasteiger partial charge in [-0.3, -0.25) is 9.97 Å². The van der Waals surface area contributed by atoms with Gasteiger partial charge >= 0.3 is 0 Å². The van der Waals surface area contributed by atoms with E-state index in [0.29, 0.717) is 5.25 Å². The quantitative estimate of drug-likeness (QED) is 0.267. The number of allylic oxidation sites excluding steroid dienone is 3. The van der Waals surface area contributed by atoms with Crippen LogP contribution >= 0.6 is 11.8 Å². The van der Waals surface area contributed by atoms with Gasteiger partial charge in [-0.1, -0.05) is 60.7 Å². The molecule has 0 saturated carbocycles. The molecule has 0 fully saturated rings. The second-order valence-corrected chi connectivity index (χ2v) is 10.3. The Morgan fingerprint density at radius 3 is 2.51 bits per heavy atom. The third-order valence-electron chi connectivity index (χ3n) is 7.10. The van der Waals surface area contributed by atoms with Gasteiger partial charge in [0.2, 0.25) is 0 Å². The molecule has 5 heterocycles. The number of rotatable bonds is 2. The average Bonchev–Trinajstić information content (AvgIpc) is 3.58. The van der Waals surface area contributed by atoms with Crippen LogP contribution in [0.25, 0.3) is 49.6 Å². The second-order valence-electron chi connectivity index (χ2n) is 9.00. The van der Waals surface area contributed by atoms with Gasteiger partial charge in [-0.25, -0.2) is 0 Å². The lowest BCUT2D eigenvalue weighted by Gasteiger charge is -2.17. The third-order valence-corrected chi connectivity index (χ3v) is 8.45. The zero-order valence-corrected chi connectivity index (χ0v) is 19.6. The van der Waals surface area contributed by atoms with Gasteiger partial charge in [-0.05, 0) is 42.0 Å². The molecule has 2 atom stereocenters. The Hall–Kier alpha value is -4.09. The van der Waals surface area contributed by atoms with E-state index in [9.17, 15) is 0 Å². The Balaban J connectivity index is 1.58. The lowest BCUT2D eigenvalue weighted by atomic mass is 10.1. The van der Waals surface area contributed by atoms with E-state index >= 15 is 0 Å². The number of pyridine rings is 2. The molecular formula is C30H20N4S. The van der Waals surface area contributed by atoms with Crippen molar-refractivity contribution in [2.45, 2.75) is 10.6 Å². The van der Waals surface area contributed by atoms with Crippen molar-refractivity contribution in [3.8, 4) is 5.69 Å². The van der Waals surface area contributed by atoms with Gasteiger partial charge in [0.1, 0.15) is 16.4 Å². The summed E-state index contributed by atoms with van der Waals surface area (Å²) in [5.74, 6) is 0. The first-order chi connectivity index (χ1) is 17.4. The van der Waals surface area contributed by atoms with Crippen LogP contribution in [0.15, 0.2) is 115 Å². The maximum Gasteiger partial charge on any atom is 0.117 e. The standard InChI is InChI=1S/C30H20N4S/c1-2-10-20(11-3-1)33-23-13-6-5-12-21(23)22-18-32-28-27-24(14-8-16-31-27)34(30(28)29(22)33)26-17-19-9-4-7-15-25(19)35-26/h1-18,25-26H. The molecular weight excluding hydrogens is 448 g/mol. The molecule has 0 amide bonds. The molecule has 1 aliphatic heterocycles. The molecule has 0 bridgehead atoms. The van der Waals surface area contributed by atoms with Crippen LogP contribution in [0, 0.1) is 0 Å². The molecule has 2 aromatic carbocycles. The number of hydrogen-bond acceptors (Lipinski definition) is 3. The number of benzene rings is 2. The van der Waals surface area contributed by atoms with Crippen molar-refractivity contribution in [1.29, 1.82) is 0 Å². The highest BCUT2D eigenvalue weighted by atomic mass is 32.2. The number of hydrogen-bond donors (Lipinski definition) is 0. The highest BCUT2D eigenvalue weighted by Crippen LogP contribution is 2.47. The van der Waals surface area contributed by atoms with Crippen LogP contribution in [0.5, 0.6) is 0 Å². The topological polar surface area (TPSA) is 35.6 Å². The summed E-state index contributed by atoms with van der Waals surface area (Å²) in [5.41, 5.74) is 9.04. The fraction of sp³-hybridized carbons (Fsp3) is 0.0667. The molecule has 2 aliphatic rings. The summed E-state index contributed by atoms with van der Waals surface area (Å²) in [4.78, 5) is 9.83. The summed E-state index contributed by atoms with van der Waals surface area (Å²) in [6.07, 6.45) is 15.1. The van der Waals surface area contributed by atoms with Gasteiger partial charge < -0.3 is 9.13 Å². The van der Waals surface area contributed by atoms with Crippen LogP contribution in [-0.2, 0) is 0 Å². The van der Waals surface area contributed by atoms with E-state index in [4.69, 9.17) is 9.97 Å². The molecule has 166 valence electrons. The minimum absolute atomic E-state index is 0.154. The SMILES string of the molecule is C1=CC2=CC(n3c4cccnc4c4ncc5c6ccccc6n(-c6ccccc6)c5c43)SC2C=C1. The number of para-hydroxylation sites is 2. The predicted molar refractivity (Wildman–Crippen MR) is 146 cm³/mol. The Bertz CT molecular complexity index is 1890. The van der Waals surface area contributed by atoms with E-state index in [2.05, 4.69) is 100 Å². The van der Waals surface area contributed by atoms with Crippen LogP contribution in [0.3, 0.4) is 0 Å². The Morgan fingerprint density at radius 1 is 0.743 bits per heavy atom. The lowest BCUT2D eigenvalue weighted by molar-refractivity contribution is 0.878. The fourth-order valence-electron chi connectivity index (χ4n) is 5.64. The smallest absolute Gasteiger partial charge is 0.117 e. The Morgan fingerprint density at radius 2 is 1.60 bits per heavy atom. The van der Waals surface area contributed by atoms with Crippen LogP contribution in [0.4, 0.5) is 0 Å². The van der Waals surface area contributed by atoms with Gasteiger partial charge in [-0.15, -0.1) is 11.8 Å². The van der Waals surface area contributed by atoms with E-state index in [1.54, 1.807) is 0 Å². The summed E-state index contributed by atoms with van der Waals surface area (Å²) in [7, 11) is 0. The number of nitrogens with zero attached hydrogens (tertiary/aromatic N) is 4. The first kappa shape index (κ1) is 19.2. The Kier molecular flexibility index (Phi) is 3.96. The largest absolute Gasteiger partial charge is 0.320 e. The summed E-state index contributed by atoms with van der Waals surface area (Å²) in [6.45, 7) is 0. The van der Waals surface area contributed by atoms with Crippen LogP contribution < -0.4 is 0 Å². The zero-order valence-electron chi connectivity index (χ0n) is 18.7. The maximum atomic E-state index is 5.02. The van der Waals surface area contributed by atoms with Crippen molar-refractivity contribution < 1.29 is 0 Å². The monoisotopic (exact) mass is 468 g/mol. The predicted octanol–water partition coefficient (Wildman–Crippen LogP) is 7.35. The molecule has 8 rings (SSSR count). The van der Waals surface area contributed by atoms with E-state index < -0.39 is 0 Å². The first-order valence-corrected chi connectivity index (χ1v) is 12.8. The normalized spacial score (nSPS) is 19.3. The minimum Gasteiger partial charge on any atom is -0.320 e. The Labute approximate surface area is 205 Å². The summed E-state index contributed by atoms with van der Waals surface area (Å²) in [5, 5.41) is 2.90. The highest BCUT2D eigenvalue weighted by Gasteiger charge is 2.30. The van der Waals surface area contributed by atoms with Crippen molar-refractivity contribution in [2.75, 3.05) is 0 Å². The summed E-state index contributed by atoms with van der Waals surface area (Å²) < 4.78 is 4.85. The van der Waals surface area contributed by atoms with E-state index in [1.165, 1.54) is 22.0 Å². The molecule has 0 N–H and O–H groups in total. The maximum absolute atomic E-state index is 5.02. The van der Waals surface area contributed by atoms with Crippen molar-refractivity contribution in [3.63, 3.8) is 0 Å². The van der Waals surface area contributed by atoms with Gasteiger partial charge in [0.25, 0.3) is 0 Å². The van der Waals surface area contributed by atoms with Gasteiger partial charge in [0, 0.05) is 28.9 Å². The number of thioether (sulfide) groups is 1. The highest BCUT2D eigenvalue weighted by molar-refractivity contribution is 8.00. The summed E-state index contributed by atoms with van der Waals surface area (Å²) >= 11 is 1.97. The fourth-order valence-corrected chi connectivity index (χ4v) is 7.01. The molecule has 2 unspecified atom stereocenters. The molecule has 5 heteroatoms. The molecule has 4 aromatic heterocycles. The van der Waals surface area contributed by atoms with E-state index in [0.717, 1.165) is 33.1 Å². The van der Waals surface area contributed by atoms with Crippen LogP contribution in [-0.4, -0.2) is 24.4 Å². The molecule has 0 saturated heterocycles. The van der Waals surface area contributed by atoms with Gasteiger partial charge in [-0.2, -0.15) is 0 Å². The van der Waals surface area contributed by atoms with Crippen LogP contribution in [0.1, 0.15) is 5.37 Å². The van der Waals surface area contributed by atoms with Gasteiger partial charge in [0.15, 0.2) is 0 Å². The molecule has 0 spiro atoms. The molecule has 4 nitrogen and oxygen atoms in total. The molecule has 35 heavy (non-hydrogen) atoms.